The van der Waals surface area contributed by atoms with Crippen molar-refractivity contribution >= 4 is 27.8 Å². The highest BCUT2D eigenvalue weighted by Crippen LogP contribution is 2.35. The number of hydrogen-bond acceptors (Lipinski definition) is 5. The van der Waals surface area contributed by atoms with Crippen LogP contribution in [0.15, 0.2) is 19.7 Å². The van der Waals surface area contributed by atoms with Crippen LogP contribution in [-0.4, -0.2) is 45.3 Å². The lowest BCUT2D eigenvalue weighted by atomic mass is 9.98. The van der Waals surface area contributed by atoms with Crippen molar-refractivity contribution in [3.8, 4) is 0 Å². The van der Waals surface area contributed by atoms with Crippen molar-refractivity contribution in [3.63, 3.8) is 0 Å². The Labute approximate surface area is 175 Å². The molecule has 0 radical (unpaired) electrons. The molecule has 1 amide bonds. The predicted molar refractivity (Wildman–Crippen MR) is 114 cm³/mol. The van der Waals surface area contributed by atoms with E-state index in [0.717, 1.165) is 71.7 Å². The number of furan rings is 1. The van der Waals surface area contributed by atoms with E-state index in [1.165, 1.54) is 4.90 Å². The van der Waals surface area contributed by atoms with Crippen LogP contribution in [0.4, 0.5) is 0 Å². The molecule has 0 spiro atoms. The van der Waals surface area contributed by atoms with Crippen LogP contribution in [0.2, 0.25) is 0 Å². The third-order valence-corrected chi connectivity index (χ3v) is 6.22. The van der Waals surface area contributed by atoms with E-state index in [1.807, 2.05) is 33.8 Å². The summed E-state index contributed by atoms with van der Waals surface area (Å²) < 4.78 is 17.0. The lowest BCUT2D eigenvalue weighted by Crippen LogP contribution is -3.14. The van der Waals surface area contributed by atoms with E-state index >= 15 is 0 Å². The summed E-state index contributed by atoms with van der Waals surface area (Å²) in [6, 6.07) is 1.88. The Morgan fingerprint density at radius 2 is 1.80 bits per heavy atom. The van der Waals surface area contributed by atoms with Gasteiger partial charge in [-0.15, -0.1) is 0 Å². The maximum Gasteiger partial charge on any atom is 0.340 e. The molecule has 0 unspecified atom stereocenters. The Balaban J connectivity index is 1.60. The Bertz CT molecular complexity index is 1170. The molecule has 1 aromatic carbocycles. The molecule has 1 fully saturated rings. The van der Waals surface area contributed by atoms with Crippen LogP contribution in [-0.2, 0) is 16.0 Å². The summed E-state index contributed by atoms with van der Waals surface area (Å²) in [5.74, 6) is 0.670. The van der Waals surface area contributed by atoms with Crippen LogP contribution in [0.3, 0.4) is 0 Å². The quantitative estimate of drug-likeness (QED) is 0.617. The van der Waals surface area contributed by atoms with Gasteiger partial charge in [0.15, 0.2) is 0 Å². The molecule has 0 bridgehead atoms. The highest BCUT2D eigenvalue weighted by molar-refractivity contribution is 6.07. The maximum atomic E-state index is 12.6. The number of hydrogen-bond donors (Lipinski definition) is 2. The van der Waals surface area contributed by atoms with Crippen LogP contribution >= 0.6 is 0 Å². The molecular weight excluding hydrogens is 384 g/mol. The summed E-state index contributed by atoms with van der Waals surface area (Å²) >= 11 is 0. The lowest BCUT2D eigenvalue weighted by Gasteiger charge is -2.23. The number of fused-ring (bicyclic) bond motifs is 3. The second-order valence-electron chi connectivity index (χ2n) is 8.19. The molecule has 0 saturated carbocycles. The van der Waals surface area contributed by atoms with Crippen molar-refractivity contribution in [2.24, 2.45) is 0 Å². The van der Waals surface area contributed by atoms with Gasteiger partial charge in [0, 0.05) is 5.39 Å². The Morgan fingerprint density at radius 3 is 2.53 bits per heavy atom. The highest BCUT2D eigenvalue weighted by Gasteiger charge is 2.21. The molecule has 2 N–H and O–H groups in total. The first kappa shape index (κ1) is 20.6. The third-order valence-electron chi connectivity index (χ3n) is 6.22. The fourth-order valence-corrected chi connectivity index (χ4v) is 4.35. The SMILES string of the molecule is Cc1oc2c(c(C)cc3oc(=O)c(CC(=O)NCC[NH+]4CCOCC4)c(C)c32)c1C. The standard InChI is InChI=1S/C23H28N2O5/c1-13-11-18-21(22-20(13)14(2)16(4)29-22)15(3)17(23(27)30-18)12-19(26)24-5-6-25-7-9-28-10-8-25/h11H,5-10,12H2,1-4H3,(H,24,26)/p+1. The largest absolute Gasteiger partial charge is 0.460 e. The first-order valence-electron chi connectivity index (χ1n) is 10.5. The van der Waals surface area contributed by atoms with E-state index in [0.29, 0.717) is 17.7 Å². The summed E-state index contributed by atoms with van der Waals surface area (Å²) in [7, 11) is 0. The zero-order valence-electron chi connectivity index (χ0n) is 18.1. The fourth-order valence-electron chi connectivity index (χ4n) is 4.35. The van der Waals surface area contributed by atoms with Gasteiger partial charge in [-0.3, -0.25) is 4.79 Å². The average molecular weight is 413 g/mol. The molecule has 3 aromatic rings. The van der Waals surface area contributed by atoms with Gasteiger partial charge in [-0.05, 0) is 50.5 Å². The average Bonchev–Trinajstić information content (AvgIpc) is 3.00. The minimum absolute atomic E-state index is 0.00338. The summed E-state index contributed by atoms with van der Waals surface area (Å²) in [5, 5.41) is 4.75. The molecule has 160 valence electrons. The van der Waals surface area contributed by atoms with Crippen LogP contribution in [0.25, 0.3) is 21.9 Å². The summed E-state index contributed by atoms with van der Waals surface area (Å²) in [5.41, 5.74) is 3.97. The predicted octanol–water partition coefficient (Wildman–Crippen LogP) is 1.35. The van der Waals surface area contributed by atoms with E-state index in [2.05, 4.69) is 5.32 Å². The Morgan fingerprint density at radius 1 is 1.07 bits per heavy atom. The van der Waals surface area contributed by atoms with Gasteiger partial charge in [0.2, 0.25) is 5.91 Å². The zero-order valence-corrected chi connectivity index (χ0v) is 18.1. The van der Waals surface area contributed by atoms with Gasteiger partial charge in [0.25, 0.3) is 0 Å². The Hall–Kier alpha value is -2.64. The summed E-state index contributed by atoms with van der Waals surface area (Å²) in [4.78, 5) is 26.6. The number of rotatable bonds is 5. The monoisotopic (exact) mass is 413 g/mol. The van der Waals surface area contributed by atoms with Crippen LogP contribution in [0.5, 0.6) is 0 Å². The van der Waals surface area contributed by atoms with Gasteiger partial charge in [-0.2, -0.15) is 0 Å². The van der Waals surface area contributed by atoms with Crippen molar-refractivity contribution in [1.82, 2.24) is 5.32 Å². The molecule has 0 aliphatic carbocycles. The number of quaternary nitrogens is 1. The zero-order chi connectivity index (χ0) is 21.4. The third kappa shape index (κ3) is 3.75. The second kappa shape index (κ2) is 8.24. The molecule has 3 heterocycles. The van der Waals surface area contributed by atoms with E-state index in [-0.39, 0.29) is 12.3 Å². The first-order chi connectivity index (χ1) is 14.4. The van der Waals surface area contributed by atoms with Crippen LogP contribution in [0, 0.1) is 27.7 Å². The molecule has 1 saturated heterocycles. The topological polar surface area (TPSA) is 86.1 Å². The number of benzene rings is 1. The van der Waals surface area contributed by atoms with E-state index in [9.17, 15) is 9.59 Å². The molecule has 7 heteroatoms. The number of carbonyl (C=O) groups is 1. The van der Waals surface area contributed by atoms with Crippen molar-refractivity contribution in [2.45, 2.75) is 34.1 Å². The van der Waals surface area contributed by atoms with Crippen LogP contribution in [0.1, 0.15) is 28.0 Å². The Kier molecular flexibility index (Phi) is 5.66. The molecule has 4 rings (SSSR count). The summed E-state index contributed by atoms with van der Waals surface area (Å²) in [6.07, 6.45) is -0.00338. The highest BCUT2D eigenvalue weighted by atomic mass is 16.5. The lowest BCUT2D eigenvalue weighted by molar-refractivity contribution is -0.906. The van der Waals surface area contributed by atoms with E-state index in [1.54, 1.807) is 0 Å². The fraction of sp³-hybridized carbons (Fsp3) is 0.478. The number of amides is 1. The second-order valence-corrected chi connectivity index (χ2v) is 8.19. The molecule has 1 aliphatic heterocycles. The van der Waals surface area contributed by atoms with Gasteiger partial charge in [0.1, 0.15) is 30.0 Å². The molecule has 7 nitrogen and oxygen atoms in total. The van der Waals surface area contributed by atoms with Gasteiger partial charge in [0.05, 0.1) is 43.7 Å². The normalized spacial score (nSPS) is 15.2. The maximum absolute atomic E-state index is 12.6. The van der Waals surface area contributed by atoms with E-state index in [4.69, 9.17) is 13.6 Å². The van der Waals surface area contributed by atoms with Crippen molar-refractivity contribution in [1.29, 1.82) is 0 Å². The van der Waals surface area contributed by atoms with Crippen molar-refractivity contribution in [3.05, 3.63) is 44.5 Å². The molecule has 30 heavy (non-hydrogen) atoms. The van der Waals surface area contributed by atoms with Crippen LogP contribution < -0.4 is 15.8 Å². The van der Waals surface area contributed by atoms with Gasteiger partial charge >= 0.3 is 5.63 Å². The van der Waals surface area contributed by atoms with Gasteiger partial charge < -0.3 is 23.8 Å². The molecule has 2 aromatic heterocycles. The minimum atomic E-state index is -0.465. The smallest absolute Gasteiger partial charge is 0.340 e. The molecule has 0 atom stereocenters. The molecular formula is C23H29N2O5+. The number of nitrogens with one attached hydrogen (secondary N) is 2. The van der Waals surface area contributed by atoms with Gasteiger partial charge in [-0.25, -0.2) is 4.79 Å². The number of aryl methyl sites for hydroxylation is 4. The first-order valence-corrected chi connectivity index (χ1v) is 10.5. The molecule has 1 aliphatic rings. The van der Waals surface area contributed by atoms with Crippen molar-refractivity contribution < 1.29 is 23.3 Å². The minimum Gasteiger partial charge on any atom is -0.460 e. The number of carbonyl (C=O) groups excluding carboxylic acids is 1. The van der Waals surface area contributed by atoms with Crippen molar-refractivity contribution in [2.75, 3.05) is 39.4 Å². The number of ether oxygens (including phenoxy) is 1. The van der Waals surface area contributed by atoms with E-state index < -0.39 is 5.63 Å². The summed E-state index contributed by atoms with van der Waals surface area (Å²) in [6.45, 7) is 12.7. The number of morpholine rings is 1. The van der Waals surface area contributed by atoms with Gasteiger partial charge in [-0.1, -0.05) is 0 Å².